The van der Waals surface area contributed by atoms with Crippen molar-refractivity contribution in [3.05, 3.63) is 12.4 Å². The Morgan fingerprint density at radius 2 is 2.00 bits per heavy atom. The normalized spacial score (nSPS) is 44.7. The van der Waals surface area contributed by atoms with Gasteiger partial charge in [-0.2, -0.15) is 5.10 Å². The molecule has 1 N–H and O–H groups in total. The Morgan fingerprint density at radius 3 is 2.71 bits per heavy atom. The third kappa shape index (κ3) is 4.16. The van der Waals surface area contributed by atoms with Crippen molar-refractivity contribution >= 4 is 35.0 Å². The second-order valence-electron chi connectivity index (χ2n) is 12.3. The van der Waals surface area contributed by atoms with Crippen molar-refractivity contribution in [2.45, 2.75) is 88.7 Å². The molecule has 1 heterocycles. The average Bonchev–Trinajstić information content (AvgIpc) is 3.38. The van der Waals surface area contributed by atoms with Crippen LogP contribution in [-0.4, -0.2) is 44.2 Å². The van der Waals surface area contributed by atoms with Crippen LogP contribution in [-0.2, 0) is 24.0 Å². The Morgan fingerprint density at radius 1 is 1.21 bits per heavy atom. The number of fused-ring (bicyclic) bond motifs is 5. The zero-order valence-electron chi connectivity index (χ0n) is 20.7. The molecule has 0 bridgehead atoms. The summed E-state index contributed by atoms with van der Waals surface area (Å²) in [6.07, 6.45) is 13.0. The lowest BCUT2D eigenvalue weighted by Crippen LogP contribution is -2.58. The molecule has 1 unspecified atom stereocenters. The SMILES string of the molecule is COC[C@]12CC[C@@](C)(O)C[C@@H]1CC[C@H]1[C@@H]3CC[C@H](C(=O)Cn4cc(S(=O)I)cn4)[C@@]3(C)CC[C@@H]12. The van der Waals surface area contributed by atoms with Gasteiger partial charge < -0.3 is 9.84 Å². The predicted octanol–water partition coefficient (Wildman–Crippen LogP) is 4.95. The van der Waals surface area contributed by atoms with Crippen molar-refractivity contribution in [2.24, 2.45) is 40.4 Å². The molecule has 190 valence electrons. The van der Waals surface area contributed by atoms with Gasteiger partial charge in [-0.15, -0.1) is 0 Å². The first kappa shape index (κ1) is 25.3. The smallest absolute Gasteiger partial charge is 0.157 e. The summed E-state index contributed by atoms with van der Waals surface area (Å²) >= 11 is 1.87. The van der Waals surface area contributed by atoms with E-state index >= 15 is 0 Å². The second-order valence-corrected chi connectivity index (χ2v) is 15.6. The molecule has 1 aromatic heterocycles. The Hall–Kier alpha value is -0.320. The monoisotopic (exact) mass is 602 g/mol. The lowest BCUT2D eigenvalue weighted by atomic mass is 9.43. The van der Waals surface area contributed by atoms with E-state index in [1.165, 1.54) is 19.3 Å². The number of Topliss-reactive ketones (excluding diaryl/α,β-unsaturated/α-hetero) is 1. The number of hydrogen-bond acceptors (Lipinski definition) is 5. The van der Waals surface area contributed by atoms with Gasteiger partial charge in [0.25, 0.3) is 0 Å². The van der Waals surface area contributed by atoms with Crippen LogP contribution in [0.15, 0.2) is 17.3 Å². The van der Waals surface area contributed by atoms with E-state index in [1.54, 1.807) is 17.1 Å². The first-order valence-corrected chi connectivity index (χ1v) is 16.6. The molecule has 1 aromatic rings. The number of ketones is 1. The molecule has 8 heteroatoms. The summed E-state index contributed by atoms with van der Waals surface area (Å²) in [5.74, 6) is 2.79. The van der Waals surface area contributed by atoms with E-state index < -0.39 is 13.6 Å². The standard InChI is InChI=1S/C26H39IN2O4S/c1-24(31)10-11-26(16-33-3)17(12-24)4-5-19-20-6-7-22(25(20,2)9-8-21(19)26)23(30)15-29-14-18(13-28-29)34(27)32/h13-14,17,19-22,31H,4-12,15-16H2,1-3H3/t17-,19-,20-,21-,22+,24+,25-,26+,34?/m0/s1. The summed E-state index contributed by atoms with van der Waals surface area (Å²) in [6, 6.07) is 0. The highest BCUT2D eigenvalue weighted by atomic mass is 127. The van der Waals surface area contributed by atoms with Crippen molar-refractivity contribution < 1.29 is 18.8 Å². The van der Waals surface area contributed by atoms with E-state index in [0.717, 1.165) is 45.1 Å². The van der Waals surface area contributed by atoms with Gasteiger partial charge >= 0.3 is 0 Å². The quantitative estimate of drug-likeness (QED) is 0.369. The fraction of sp³-hybridized carbons (Fsp3) is 0.846. The molecular weight excluding hydrogens is 563 g/mol. The number of nitrogens with zero attached hydrogens (tertiary/aromatic N) is 2. The average molecular weight is 603 g/mol. The highest BCUT2D eigenvalue weighted by Crippen LogP contribution is 2.68. The molecule has 4 aliphatic carbocycles. The number of rotatable bonds is 6. The van der Waals surface area contributed by atoms with Crippen molar-refractivity contribution in [1.29, 1.82) is 0 Å². The van der Waals surface area contributed by atoms with E-state index in [-0.39, 0.29) is 29.1 Å². The second kappa shape index (κ2) is 9.21. The maximum absolute atomic E-state index is 13.5. The van der Waals surface area contributed by atoms with E-state index in [2.05, 4.69) is 12.0 Å². The summed E-state index contributed by atoms with van der Waals surface area (Å²) in [4.78, 5) is 14.2. The molecule has 0 saturated heterocycles. The summed E-state index contributed by atoms with van der Waals surface area (Å²) in [6.45, 7) is 5.49. The first-order valence-electron chi connectivity index (χ1n) is 12.9. The van der Waals surface area contributed by atoms with Gasteiger partial charge in [-0.3, -0.25) is 9.48 Å². The fourth-order valence-electron chi connectivity index (χ4n) is 9.10. The zero-order chi connectivity index (χ0) is 24.3. The molecule has 9 atom stereocenters. The van der Waals surface area contributed by atoms with E-state index in [9.17, 15) is 14.1 Å². The van der Waals surface area contributed by atoms with Crippen LogP contribution in [0.4, 0.5) is 0 Å². The van der Waals surface area contributed by atoms with E-state index in [4.69, 9.17) is 4.74 Å². The number of hydrogen-bond donors (Lipinski definition) is 1. The highest BCUT2D eigenvalue weighted by Gasteiger charge is 2.63. The van der Waals surface area contributed by atoms with Gasteiger partial charge in [0.05, 0.1) is 29.8 Å². The number of aromatic nitrogens is 2. The minimum absolute atomic E-state index is 0.0571. The highest BCUT2D eigenvalue weighted by molar-refractivity contribution is 14.2. The van der Waals surface area contributed by atoms with Crippen LogP contribution in [0.5, 0.6) is 0 Å². The molecule has 4 fully saturated rings. The Bertz CT molecular complexity index is 966. The largest absolute Gasteiger partial charge is 0.390 e. The van der Waals surface area contributed by atoms with Crippen molar-refractivity contribution in [1.82, 2.24) is 9.78 Å². The third-order valence-corrected chi connectivity index (χ3v) is 12.7. The van der Waals surface area contributed by atoms with Crippen LogP contribution in [0.25, 0.3) is 0 Å². The van der Waals surface area contributed by atoms with Crippen LogP contribution in [0.1, 0.15) is 71.6 Å². The Balaban J connectivity index is 1.35. The van der Waals surface area contributed by atoms with Crippen LogP contribution < -0.4 is 0 Å². The summed E-state index contributed by atoms with van der Waals surface area (Å²) in [5, 5.41) is 15.1. The first-order chi connectivity index (χ1) is 16.1. The Kier molecular flexibility index (Phi) is 6.86. The summed E-state index contributed by atoms with van der Waals surface area (Å²) < 4.78 is 19.3. The van der Waals surface area contributed by atoms with Gasteiger partial charge in [0.15, 0.2) is 5.78 Å². The molecule has 0 spiro atoms. The summed E-state index contributed by atoms with van der Waals surface area (Å²) in [5.41, 5.74) is -0.301. The lowest BCUT2D eigenvalue weighted by molar-refractivity contribution is -0.175. The van der Waals surface area contributed by atoms with Crippen LogP contribution in [0.2, 0.25) is 0 Å². The number of carbonyl (C=O) groups is 1. The van der Waals surface area contributed by atoms with Gasteiger partial charge in [0.2, 0.25) is 0 Å². The molecule has 4 saturated carbocycles. The van der Waals surface area contributed by atoms with Gasteiger partial charge in [0.1, 0.15) is 7.97 Å². The molecule has 5 rings (SSSR count). The number of methoxy groups -OCH3 is 1. The van der Waals surface area contributed by atoms with Crippen molar-refractivity contribution in [3.8, 4) is 0 Å². The molecule has 0 radical (unpaired) electrons. The van der Waals surface area contributed by atoms with Gasteiger partial charge in [-0.1, -0.05) is 6.92 Å². The summed E-state index contributed by atoms with van der Waals surface area (Å²) in [7, 11) is 0.731. The minimum Gasteiger partial charge on any atom is -0.390 e. The molecular formula is C26H39IN2O4S. The molecule has 4 aliphatic rings. The van der Waals surface area contributed by atoms with E-state index in [0.29, 0.717) is 28.6 Å². The van der Waals surface area contributed by atoms with E-state index in [1.807, 2.05) is 35.2 Å². The molecule has 0 aliphatic heterocycles. The maximum Gasteiger partial charge on any atom is 0.157 e. The van der Waals surface area contributed by atoms with Crippen LogP contribution in [0, 0.1) is 40.4 Å². The third-order valence-electron chi connectivity index (χ3n) is 10.6. The van der Waals surface area contributed by atoms with Gasteiger partial charge in [-0.25, -0.2) is 4.21 Å². The van der Waals surface area contributed by atoms with Crippen molar-refractivity contribution in [2.75, 3.05) is 13.7 Å². The van der Waals surface area contributed by atoms with Crippen LogP contribution >= 0.6 is 21.2 Å². The molecule has 34 heavy (non-hydrogen) atoms. The maximum atomic E-state index is 13.5. The number of carbonyl (C=O) groups excluding carboxylic acids is 1. The Labute approximate surface area is 218 Å². The molecule has 0 aromatic carbocycles. The topological polar surface area (TPSA) is 81.4 Å². The van der Waals surface area contributed by atoms with Crippen molar-refractivity contribution in [3.63, 3.8) is 0 Å². The molecule has 6 nitrogen and oxygen atoms in total. The van der Waals surface area contributed by atoms with Crippen LogP contribution in [0.3, 0.4) is 0 Å². The predicted molar refractivity (Wildman–Crippen MR) is 140 cm³/mol. The lowest BCUT2D eigenvalue weighted by Gasteiger charge is -2.62. The number of halogens is 1. The molecule has 0 amide bonds. The zero-order valence-corrected chi connectivity index (χ0v) is 23.6. The van der Waals surface area contributed by atoms with Gasteiger partial charge in [-0.05, 0) is 99.2 Å². The number of aliphatic hydroxyl groups is 1. The minimum atomic E-state index is -1.11. The van der Waals surface area contributed by atoms with Gasteiger partial charge in [0, 0.05) is 40.4 Å². The number of ether oxygens (including phenoxy) is 1. The fourth-order valence-corrected chi connectivity index (χ4v) is 10.1.